The van der Waals surface area contributed by atoms with Crippen LogP contribution >= 0.6 is 11.3 Å². The lowest BCUT2D eigenvalue weighted by molar-refractivity contribution is -0.123. The molecule has 8 heteroatoms. The average Bonchev–Trinajstić information content (AvgIpc) is 3.40. The van der Waals surface area contributed by atoms with Crippen LogP contribution in [0.15, 0.2) is 22.8 Å². The standard InChI is InChI=1S/C24H31N3O4S/c1-24(2,3)15-6-7-16-18(13-15)32-22(26-21(29)17-5-4-12-31-17)19(16)23(30)27-10-8-14(9-11-27)20(25)28/h4-5,12,14-15H,6-11,13H2,1-3H3,(H2,25,28)(H,26,29). The largest absolute Gasteiger partial charge is 0.459 e. The third-order valence-electron chi connectivity index (χ3n) is 6.86. The molecule has 1 unspecified atom stereocenters. The van der Waals surface area contributed by atoms with E-state index in [1.165, 1.54) is 22.5 Å². The first-order valence-corrected chi connectivity index (χ1v) is 12.0. The highest BCUT2D eigenvalue weighted by Gasteiger charge is 2.36. The van der Waals surface area contributed by atoms with Gasteiger partial charge in [0.1, 0.15) is 5.00 Å². The lowest BCUT2D eigenvalue weighted by Gasteiger charge is -2.34. The highest BCUT2D eigenvalue weighted by Crippen LogP contribution is 2.45. The Morgan fingerprint density at radius 3 is 2.50 bits per heavy atom. The molecule has 1 atom stereocenters. The van der Waals surface area contributed by atoms with Crippen LogP contribution in [0.4, 0.5) is 5.00 Å². The van der Waals surface area contributed by atoms with Crippen LogP contribution < -0.4 is 11.1 Å². The Morgan fingerprint density at radius 2 is 1.91 bits per heavy atom. The molecule has 1 fully saturated rings. The van der Waals surface area contributed by atoms with Crippen LogP contribution in [0.2, 0.25) is 0 Å². The summed E-state index contributed by atoms with van der Waals surface area (Å²) < 4.78 is 5.24. The van der Waals surface area contributed by atoms with Crippen LogP contribution in [0.1, 0.15) is 71.4 Å². The summed E-state index contributed by atoms with van der Waals surface area (Å²) in [6.07, 6.45) is 5.36. The Hall–Kier alpha value is -2.61. The van der Waals surface area contributed by atoms with Crippen LogP contribution in [0.25, 0.3) is 0 Å². The van der Waals surface area contributed by atoms with Crippen molar-refractivity contribution in [3.05, 3.63) is 40.2 Å². The van der Waals surface area contributed by atoms with Crippen molar-refractivity contribution in [3.63, 3.8) is 0 Å². The summed E-state index contributed by atoms with van der Waals surface area (Å²) in [4.78, 5) is 40.8. The second kappa shape index (κ2) is 8.73. The number of hydrogen-bond donors (Lipinski definition) is 2. The number of nitrogens with zero attached hydrogens (tertiary/aromatic N) is 1. The lowest BCUT2D eigenvalue weighted by atomic mass is 9.72. The normalized spacial score (nSPS) is 19.5. The number of fused-ring (bicyclic) bond motifs is 1. The van der Waals surface area contributed by atoms with Crippen LogP contribution in [0, 0.1) is 17.3 Å². The quantitative estimate of drug-likeness (QED) is 0.721. The zero-order chi connectivity index (χ0) is 23.0. The predicted molar refractivity (Wildman–Crippen MR) is 124 cm³/mol. The van der Waals surface area contributed by atoms with Gasteiger partial charge in [-0.3, -0.25) is 14.4 Å². The Bertz CT molecular complexity index is 1010. The van der Waals surface area contributed by atoms with E-state index in [0.717, 1.165) is 24.8 Å². The van der Waals surface area contributed by atoms with Gasteiger partial charge in [-0.05, 0) is 61.1 Å². The number of carbonyl (C=O) groups is 3. The molecule has 172 valence electrons. The summed E-state index contributed by atoms with van der Waals surface area (Å²) >= 11 is 1.51. The van der Waals surface area contributed by atoms with Crippen molar-refractivity contribution in [3.8, 4) is 0 Å². The summed E-state index contributed by atoms with van der Waals surface area (Å²) in [6, 6.07) is 3.27. The Kier molecular flexibility index (Phi) is 6.16. The molecule has 7 nitrogen and oxygen atoms in total. The molecule has 4 rings (SSSR count). The molecule has 3 amide bonds. The molecule has 0 radical (unpaired) electrons. The third kappa shape index (κ3) is 4.46. The monoisotopic (exact) mass is 457 g/mol. The maximum atomic E-state index is 13.6. The van der Waals surface area contributed by atoms with E-state index in [9.17, 15) is 14.4 Å². The van der Waals surface area contributed by atoms with Crippen molar-refractivity contribution >= 4 is 34.1 Å². The molecule has 2 aromatic rings. The molecule has 0 bridgehead atoms. The average molecular weight is 458 g/mol. The molecule has 1 saturated heterocycles. The smallest absolute Gasteiger partial charge is 0.291 e. The van der Waals surface area contributed by atoms with Crippen molar-refractivity contribution < 1.29 is 18.8 Å². The highest BCUT2D eigenvalue weighted by atomic mass is 32.1. The Morgan fingerprint density at radius 1 is 1.19 bits per heavy atom. The fourth-order valence-corrected chi connectivity index (χ4v) is 6.05. The van der Waals surface area contributed by atoms with Crippen molar-refractivity contribution in [2.75, 3.05) is 18.4 Å². The summed E-state index contributed by atoms with van der Waals surface area (Å²) in [7, 11) is 0. The van der Waals surface area contributed by atoms with Gasteiger partial charge in [-0.2, -0.15) is 0 Å². The molecule has 2 aliphatic rings. The van der Waals surface area contributed by atoms with Gasteiger partial charge in [0.05, 0.1) is 11.8 Å². The van der Waals surface area contributed by atoms with Crippen LogP contribution in [0.5, 0.6) is 0 Å². The number of anilines is 1. The minimum absolute atomic E-state index is 0.0747. The van der Waals surface area contributed by atoms with E-state index in [2.05, 4.69) is 26.1 Å². The van der Waals surface area contributed by atoms with Gasteiger partial charge >= 0.3 is 0 Å². The van der Waals surface area contributed by atoms with Gasteiger partial charge in [0, 0.05) is 23.9 Å². The molecule has 1 aliphatic carbocycles. The number of primary amides is 1. The van der Waals surface area contributed by atoms with Gasteiger partial charge in [0.15, 0.2) is 5.76 Å². The van der Waals surface area contributed by atoms with E-state index in [1.54, 1.807) is 17.0 Å². The number of carbonyl (C=O) groups excluding carboxylic acids is 3. The molecular formula is C24H31N3O4S. The van der Waals surface area contributed by atoms with Crippen LogP contribution in [-0.4, -0.2) is 35.7 Å². The number of thiophene rings is 1. The van der Waals surface area contributed by atoms with Gasteiger partial charge in [0.2, 0.25) is 5.91 Å². The number of furan rings is 1. The zero-order valence-electron chi connectivity index (χ0n) is 18.9. The molecule has 0 spiro atoms. The maximum absolute atomic E-state index is 13.6. The maximum Gasteiger partial charge on any atom is 0.291 e. The molecule has 3 N–H and O–H groups in total. The summed E-state index contributed by atoms with van der Waals surface area (Å²) in [5, 5.41) is 3.53. The van der Waals surface area contributed by atoms with E-state index < -0.39 is 0 Å². The SMILES string of the molecule is CC(C)(C)C1CCc2c(sc(NC(=O)c3ccco3)c2C(=O)N2CCC(C(N)=O)CC2)C1. The van der Waals surface area contributed by atoms with E-state index in [-0.39, 0.29) is 34.8 Å². The number of piperidine rings is 1. The molecule has 0 aromatic carbocycles. The second-order valence-corrected chi connectivity index (χ2v) is 11.0. The van der Waals surface area contributed by atoms with E-state index in [4.69, 9.17) is 10.2 Å². The topological polar surface area (TPSA) is 106 Å². The van der Waals surface area contributed by atoms with E-state index in [0.29, 0.717) is 42.4 Å². The summed E-state index contributed by atoms with van der Waals surface area (Å²) in [5.41, 5.74) is 7.30. The van der Waals surface area contributed by atoms with Gasteiger partial charge in [-0.15, -0.1) is 11.3 Å². The summed E-state index contributed by atoms with van der Waals surface area (Å²) in [5.74, 6) is -0.177. The van der Waals surface area contributed by atoms with Crippen LogP contribution in [-0.2, 0) is 17.6 Å². The van der Waals surface area contributed by atoms with E-state index >= 15 is 0 Å². The molecule has 2 aromatic heterocycles. The lowest BCUT2D eigenvalue weighted by Crippen LogP contribution is -2.42. The van der Waals surface area contributed by atoms with Crippen molar-refractivity contribution in [1.82, 2.24) is 4.90 Å². The van der Waals surface area contributed by atoms with Crippen molar-refractivity contribution in [1.29, 1.82) is 0 Å². The number of amides is 3. The fourth-order valence-electron chi connectivity index (χ4n) is 4.74. The van der Waals surface area contributed by atoms with Gasteiger partial charge in [-0.1, -0.05) is 20.8 Å². The molecular weight excluding hydrogens is 426 g/mol. The molecule has 3 heterocycles. The van der Waals surface area contributed by atoms with Crippen LogP contribution in [0.3, 0.4) is 0 Å². The number of nitrogens with one attached hydrogen (secondary N) is 1. The van der Waals surface area contributed by atoms with E-state index in [1.807, 2.05) is 0 Å². The predicted octanol–water partition coefficient (Wildman–Crippen LogP) is 4.08. The first-order chi connectivity index (χ1) is 15.1. The number of likely N-dealkylation sites (tertiary alicyclic amines) is 1. The number of rotatable bonds is 4. The summed E-state index contributed by atoms with van der Waals surface area (Å²) in [6.45, 7) is 7.75. The Labute approximate surface area is 192 Å². The zero-order valence-corrected chi connectivity index (χ0v) is 19.7. The first-order valence-electron chi connectivity index (χ1n) is 11.2. The van der Waals surface area contributed by atoms with Crippen molar-refractivity contribution in [2.45, 2.75) is 52.9 Å². The third-order valence-corrected chi connectivity index (χ3v) is 8.03. The number of hydrogen-bond acceptors (Lipinski definition) is 5. The van der Waals surface area contributed by atoms with Gasteiger partial charge in [-0.25, -0.2) is 0 Å². The second-order valence-electron chi connectivity index (χ2n) is 9.91. The number of nitrogens with two attached hydrogens (primary N) is 1. The molecule has 1 aliphatic heterocycles. The van der Waals surface area contributed by atoms with Gasteiger partial charge in [0.25, 0.3) is 11.8 Å². The molecule has 32 heavy (non-hydrogen) atoms. The minimum Gasteiger partial charge on any atom is -0.459 e. The minimum atomic E-state index is -0.359. The van der Waals surface area contributed by atoms with Crippen molar-refractivity contribution in [2.24, 2.45) is 23.0 Å². The highest BCUT2D eigenvalue weighted by molar-refractivity contribution is 7.17. The molecule has 0 saturated carbocycles. The Balaban J connectivity index is 1.63. The fraction of sp³-hybridized carbons (Fsp3) is 0.542. The first kappa shape index (κ1) is 22.6. The van der Waals surface area contributed by atoms with Gasteiger partial charge < -0.3 is 20.4 Å².